The first kappa shape index (κ1) is 15.3. The number of nitrogens with two attached hydrogens (primary N) is 2. The zero-order chi connectivity index (χ0) is 11.5. The number of rotatable bonds is 10. The second kappa shape index (κ2) is 10.8. The highest BCUT2D eigenvalue weighted by Gasteiger charge is 2.09. The molecule has 0 aliphatic rings. The van der Waals surface area contributed by atoms with Crippen LogP contribution in [0, 0.1) is 0 Å². The van der Waals surface area contributed by atoms with Gasteiger partial charge in [0.2, 0.25) is 0 Å². The molecule has 0 saturated carbocycles. The molecular weight excluding hydrogens is 204 g/mol. The minimum Gasteiger partial charge on any atom is -0.319 e. The zero-order valence-electron chi connectivity index (χ0n) is 10.4. The van der Waals surface area contributed by atoms with Gasteiger partial charge in [0.25, 0.3) is 0 Å². The second-order valence-electron chi connectivity index (χ2n) is 4.20. The van der Waals surface area contributed by atoms with Gasteiger partial charge in [-0.15, -0.1) is 11.8 Å². The Morgan fingerprint density at radius 1 is 0.800 bits per heavy atom. The summed E-state index contributed by atoms with van der Waals surface area (Å²) in [6.07, 6.45) is 9.82. The summed E-state index contributed by atoms with van der Waals surface area (Å²) in [6, 6.07) is 0. The lowest BCUT2D eigenvalue weighted by Gasteiger charge is -2.16. The Balaban J connectivity index is 3.35. The molecule has 0 aromatic carbocycles. The van der Waals surface area contributed by atoms with Crippen LogP contribution in [-0.4, -0.2) is 10.7 Å². The molecule has 2 atom stereocenters. The van der Waals surface area contributed by atoms with Crippen molar-refractivity contribution in [3.8, 4) is 0 Å². The van der Waals surface area contributed by atoms with Gasteiger partial charge in [0.15, 0.2) is 0 Å². The molecule has 0 spiro atoms. The van der Waals surface area contributed by atoms with Gasteiger partial charge < -0.3 is 11.5 Å². The van der Waals surface area contributed by atoms with Gasteiger partial charge in [0.1, 0.15) is 0 Å². The molecule has 0 aromatic rings. The maximum atomic E-state index is 6.00. The highest BCUT2D eigenvalue weighted by Crippen LogP contribution is 2.19. The van der Waals surface area contributed by atoms with Crippen molar-refractivity contribution >= 4 is 11.8 Å². The van der Waals surface area contributed by atoms with E-state index in [-0.39, 0.29) is 10.7 Å². The standard InChI is InChI=1S/C12H28N2S/c1-3-5-7-9-11(13)15-12(14)10-8-6-4-2/h11-12H,3-10,13-14H2,1-2H3. The van der Waals surface area contributed by atoms with E-state index in [0.29, 0.717) is 0 Å². The minimum atomic E-state index is 0.244. The largest absolute Gasteiger partial charge is 0.319 e. The van der Waals surface area contributed by atoms with E-state index in [2.05, 4.69) is 13.8 Å². The molecule has 0 radical (unpaired) electrons. The minimum absolute atomic E-state index is 0.244. The van der Waals surface area contributed by atoms with Gasteiger partial charge in [-0.05, 0) is 12.8 Å². The van der Waals surface area contributed by atoms with Crippen molar-refractivity contribution < 1.29 is 0 Å². The van der Waals surface area contributed by atoms with E-state index in [1.807, 2.05) is 0 Å². The highest BCUT2D eigenvalue weighted by atomic mass is 32.2. The average Bonchev–Trinajstić information content (AvgIpc) is 2.18. The summed E-state index contributed by atoms with van der Waals surface area (Å²) < 4.78 is 0. The van der Waals surface area contributed by atoms with Crippen molar-refractivity contribution in [2.45, 2.75) is 76.0 Å². The fraction of sp³-hybridized carbons (Fsp3) is 1.00. The van der Waals surface area contributed by atoms with Crippen LogP contribution in [0.2, 0.25) is 0 Å². The summed E-state index contributed by atoms with van der Waals surface area (Å²) >= 11 is 1.76. The molecule has 0 aliphatic heterocycles. The predicted octanol–water partition coefficient (Wildman–Crippen LogP) is 3.45. The first-order chi connectivity index (χ1) is 7.20. The van der Waals surface area contributed by atoms with Crippen molar-refractivity contribution in [2.75, 3.05) is 0 Å². The fourth-order valence-electron chi connectivity index (χ4n) is 1.55. The van der Waals surface area contributed by atoms with Crippen molar-refractivity contribution in [3.63, 3.8) is 0 Å². The highest BCUT2D eigenvalue weighted by molar-refractivity contribution is 8.00. The lowest BCUT2D eigenvalue weighted by Crippen LogP contribution is -2.25. The van der Waals surface area contributed by atoms with Crippen LogP contribution >= 0.6 is 11.8 Å². The van der Waals surface area contributed by atoms with Crippen LogP contribution in [0.3, 0.4) is 0 Å². The normalized spacial score (nSPS) is 15.2. The van der Waals surface area contributed by atoms with Crippen LogP contribution in [-0.2, 0) is 0 Å². The molecule has 3 heteroatoms. The summed E-state index contributed by atoms with van der Waals surface area (Å²) in [7, 11) is 0. The molecule has 0 rings (SSSR count). The smallest absolute Gasteiger partial charge is 0.0522 e. The van der Waals surface area contributed by atoms with Gasteiger partial charge in [-0.3, -0.25) is 0 Å². The Bertz CT molecular complexity index is 117. The summed E-state index contributed by atoms with van der Waals surface area (Å²) in [5, 5.41) is 0.487. The Morgan fingerprint density at radius 2 is 1.20 bits per heavy atom. The van der Waals surface area contributed by atoms with Crippen LogP contribution in [0.4, 0.5) is 0 Å². The molecule has 0 saturated heterocycles. The van der Waals surface area contributed by atoms with Crippen molar-refractivity contribution in [1.29, 1.82) is 0 Å². The van der Waals surface area contributed by atoms with E-state index in [1.165, 1.54) is 38.5 Å². The number of hydrogen-bond acceptors (Lipinski definition) is 3. The zero-order valence-corrected chi connectivity index (χ0v) is 11.2. The monoisotopic (exact) mass is 232 g/mol. The topological polar surface area (TPSA) is 52.0 Å². The Labute approximate surface area is 99.6 Å². The number of unbranched alkanes of at least 4 members (excludes halogenated alkanes) is 4. The summed E-state index contributed by atoms with van der Waals surface area (Å²) in [5.74, 6) is 0. The van der Waals surface area contributed by atoms with E-state index in [9.17, 15) is 0 Å². The van der Waals surface area contributed by atoms with E-state index >= 15 is 0 Å². The van der Waals surface area contributed by atoms with E-state index in [1.54, 1.807) is 11.8 Å². The molecular formula is C12H28N2S. The van der Waals surface area contributed by atoms with Gasteiger partial charge in [-0.2, -0.15) is 0 Å². The van der Waals surface area contributed by atoms with Crippen LogP contribution in [0.25, 0.3) is 0 Å². The van der Waals surface area contributed by atoms with Crippen molar-refractivity contribution in [3.05, 3.63) is 0 Å². The molecule has 4 N–H and O–H groups in total. The van der Waals surface area contributed by atoms with E-state index in [0.717, 1.165) is 12.8 Å². The number of thioether (sulfide) groups is 1. The summed E-state index contributed by atoms with van der Waals surface area (Å²) in [5.41, 5.74) is 12.0. The maximum Gasteiger partial charge on any atom is 0.0522 e. The van der Waals surface area contributed by atoms with Gasteiger partial charge in [-0.25, -0.2) is 0 Å². The van der Waals surface area contributed by atoms with Gasteiger partial charge >= 0.3 is 0 Å². The van der Waals surface area contributed by atoms with Gasteiger partial charge in [0, 0.05) is 0 Å². The third-order valence-electron chi connectivity index (χ3n) is 2.53. The third-order valence-corrected chi connectivity index (χ3v) is 3.70. The Morgan fingerprint density at radius 3 is 1.53 bits per heavy atom. The molecule has 2 nitrogen and oxygen atoms in total. The van der Waals surface area contributed by atoms with E-state index in [4.69, 9.17) is 11.5 Å². The molecule has 92 valence electrons. The second-order valence-corrected chi connectivity index (χ2v) is 5.69. The summed E-state index contributed by atoms with van der Waals surface area (Å²) in [4.78, 5) is 0. The lowest BCUT2D eigenvalue weighted by molar-refractivity contribution is 0.637. The molecule has 2 unspecified atom stereocenters. The quantitative estimate of drug-likeness (QED) is 0.448. The van der Waals surface area contributed by atoms with Crippen molar-refractivity contribution in [2.24, 2.45) is 11.5 Å². The molecule has 0 heterocycles. The molecule has 0 bridgehead atoms. The van der Waals surface area contributed by atoms with Crippen LogP contribution in [0.1, 0.15) is 65.2 Å². The molecule has 0 fully saturated rings. The lowest BCUT2D eigenvalue weighted by atomic mass is 10.2. The predicted molar refractivity (Wildman–Crippen MR) is 71.8 cm³/mol. The molecule has 15 heavy (non-hydrogen) atoms. The van der Waals surface area contributed by atoms with Gasteiger partial charge in [0.05, 0.1) is 10.7 Å². The summed E-state index contributed by atoms with van der Waals surface area (Å²) in [6.45, 7) is 4.43. The van der Waals surface area contributed by atoms with Crippen LogP contribution in [0.15, 0.2) is 0 Å². The van der Waals surface area contributed by atoms with Crippen LogP contribution < -0.4 is 11.5 Å². The Kier molecular flexibility index (Phi) is 11.0. The van der Waals surface area contributed by atoms with Gasteiger partial charge in [-0.1, -0.05) is 52.4 Å². The average molecular weight is 232 g/mol. The van der Waals surface area contributed by atoms with Crippen molar-refractivity contribution in [1.82, 2.24) is 0 Å². The number of hydrogen-bond donors (Lipinski definition) is 2. The Hall–Kier alpha value is 0.270. The fourth-order valence-corrected chi connectivity index (χ4v) is 2.61. The maximum absolute atomic E-state index is 6.00. The van der Waals surface area contributed by atoms with E-state index < -0.39 is 0 Å². The first-order valence-corrected chi connectivity index (χ1v) is 7.31. The third kappa shape index (κ3) is 10.6. The molecule has 0 amide bonds. The molecule has 0 aliphatic carbocycles. The first-order valence-electron chi connectivity index (χ1n) is 6.37. The van der Waals surface area contributed by atoms with Crippen LogP contribution in [0.5, 0.6) is 0 Å². The SMILES string of the molecule is CCCCCC(N)SC(N)CCCCC. The molecule has 0 aromatic heterocycles.